The first-order valence-corrected chi connectivity index (χ1v) is 7.59. The van der Waals surface area contributed by atoms with Crippen LogP contribution in [-0.4, -0.2) is 18.4 Å². The van der Waals surface area contributed by atoms with Gasteiger partial charge in [0.25, 0.3) is 11.8 Å². The molecule has 0 spiro atoms. The van der Waals surface area contributed by atoms with Gasteiger partial charge in [-0.3, -0.25) is 20.4 Å². The second kappa shape index (κ2) is 7.73. The van der Waals surface area contributed by atoms with Gasteiger partial charge in [0.2, 0.25) is 0 Å². The average molecular weight is 381 g/mol. The van der Waals surface area contributed by atoms with Crippen molar-refractivity contribution in [3.8, 4) is 5.75 Å². The van der Waals surface area contributed by atoms with Crippen LogP contribution in [0.4, 0.5) is 4.39 Å². The van der Waals surface area contributed by atoms with E-state index in [4.69, 9.17) is 4.74 Å². The summed E-state index contributed by atoms with van der Waals surface area (Å²) in [7, 11) is 0. The van der Waals surface area contributed by atoms with Gasteiger partial charge in [-0.2, -0.15) is 0 Å². The van der Waals surface area contributed by atoms with Gasteiger partial charge >= 0.3 is 0 Å². The van der Waals surface area contributed by atoms with Crippen molar-refractivity contribution in [3.05, 3.63) is 63.9 Å². The van der Waals surface area contributed by atoms with Crippen LogP contribution < -0.4 is 15.6 Å². The van der Waals surface area contributed by atoms with E-state index in [-0.39, 0.29) is 5.56 Å². The molecule has 120 valence electrons. The zero-order valence-corrected chi connectivity index (χ0v) is 13.8. The maximum atomic E-state index is 13.6. The molecule has 2 rings (SSSR count). The second-order valence-corrected chi connectivity index (χ2v) is 5.41. The number of hydrogen-bond donors (Lipinski definition) is 2. The van der Waals surface area contributed by atoms with Crippen LogP contribution in [0.15, 0.2) is 46.9 Å². The normalized spacial score (nSPS) is 10.0. The van der Waals surface area contributed by atoms with Crippen LogP contribution in [0, 0.1) is 5.82 Å². The first-order chi connectivity index (χ1) is 11.0. The van der Waals surface area contributed by atoms with Gasteiger partial charge in [0.15, 0.2) is 0 Å². The standard InChI is InChI=1S/C16H14BrFN2O3/c1-2-23-12-6-3-10(4-7-12)15(21)19-20-16(22)13-9-11(17)5-8-14(13)18/h3-9H,2H2,1H3,(H,19,21)(H,20,22). The fourth-order valence-corrected chi connectivity index (χ4v) is 2.15. The van der Waals surface area contributed by atoms with E-state index in [1.807, 2.05) is 6.92 Å². The third-order valence-corrected chi connectivity index (χ3v) is 3.38. The molecule has 0 heterocycles. The molecule has 0 atom stereocenters. The molecule has 2 aromatic carbocycles. The first kappa shape index (κ1) is 17.0. The Morgan fingerprint density at radius 2 is 1.74 bits per heavy atom. The van der Waals surface area contributed by atoms with Gasteiger partial charge in [-0.05, 0) is 49.4 Å². The maximum Gasteiger partial charge on any atom is 0.272 e. The molecule has 0 aromatic heterocycles. The van der Waals surface area contributed by atoms with Gasteiger partial charge in [0.05, 0.1) is 12.2 Å². The summed E-state index contributed by atoms with van der Waals surface area (Å²) in [5, 5.41) is 0. The highest BCUT2D eigenvalue weighted by Gasteiger charge is 2.13. The monoisotopic (exact) mass is 380 g/mol. The molecular weight excluding hydrogens is 367 g/mol. The Kier molecular flexibility index (Phi) is 5.70. The van der Waals surface area contributed by atoms with E-state index in [9.17, 15) is 14.0 Å². The van der Waals surface area contributed by atoms with Gasteiger partial charge in [-0.1, -0.05) is 15.9 Å². The molecule has 0 bridgehead atoms. The number of ether oxygens (including phenoxy) is 1. The van der Waals surface area contributed by atoms with Gasteiger partial charge < -0.3 is 4.74 Å². The summed E-state index contributed by atoms with van der Waals surface area (Å²) in [5.74, 6) is -1.30. The maximum absolute atomic E-state index is 13.6. The van der Waals surface area contributed by atoms with Crippen molar-refractivity contribution in [2.75, 3.05) is 6.61 Å². The highest BCUT2D eigenvalue weighted by molar-refractivity contribution is 9.10. The SMILES string of the molecule is CCOc1ccc(C(=O)NNC(=O)c2cc(Br)ccc2F)cc1. The third kappa shape index (κ3) is 4.53. The molecule has 23 heavy (non-hydrogen) atoms. The number of carbonyl (C=O) groups excluding carboxylic acids is 2. The molecule has 0 unspecified atom stereocenters. The van der Waals surface area contributed by atoms with Crippen molar-refractivity contribution in [2.24, 2.45) is 0 Å². The molecule has 2 N–H and O–H groups in total. The number of rotatable bonds is 4. The minimum atomic E-state index is -0.747. The predicted molar refractivity (Wildman–Crippen MR) is 86.6 cm³/mol. The lowest BCUT2D eigenvalue weighted by atomic mass is 10.2. The molecule has 0 aliphatic heterocycles. The first-order valence-electron chi connectivity index (χ1n) is 6.80. The van der Waals surface area contributed by atoms with Crippen LogP contribution in [0.1, 0.15) is 27.6 Å². The fraction of sp³-hybridized carbons (Fsp3) is 0.125. The van der Waals surface area contributed by atoms with Crippen LogP contribution in [0.3, 0.4) is 0 Å². The van der Waals surface area contributed by atoms with E-state index in [2.05, 4.69) is 26.8 Å². The summed E-state index contributed by atoms with van der Waals surface area (Å²) < 4.78 is 19.4. The Labute approximate surface area is 140 Å². The lowest BCUT2D eigenvalue weighted by molar-refractivity contribution is 0.0844. The van der Waals surface area contributed by atoms with E-state index < -0.39 is 17.6 Å². The highest BCUT2D eigenvalue weighted by atomic mass is 79.9. The summed E-state index contributed by atoms with van der Waals surface area (Å²) in [6, 6.07) is 10.4. The molecule has 5 nitrogen and oxygen atoms in total. The zero-order chi connectivity index (χ0) is 16.8. The molecule has 0 fully saturated rings. The number of hydrogen-bond acceptors (Lipinski definition) is 3. The topological polar surface area (TPSA) is 67.4 Å². The lowest BCUT2D eigenvalue weighted by Gasteiger charge is -2.09. The van der Waals surface area contributed by atoms with E-state index >= 15 is 0 Å². The van der Waals surface area contributed by atoms with E-state index in [1.165, 1.54) is 12.1 Å². The van der Waals surface area contributed by atoms with E-state index in [0.29, 0.717) is 22.4 Å². The summed E-state index contributed by atoms with van der Waals surface area (Å²) in [6.07, 6.45) is 0. The molecular formula is C16H14BrFN2O3. The Morgan fingerprint density at radius 3 is 2.39 bits per heavy atom. The highest BCUT2D eigenvalue weighted by Crippen LogP contribution is 2.15. The number of hydrazine groups is 1. The Morgan fingerprint density at radius 1 is 1.09 bits per heavy atom. The Bertz CT molecular complexity index is 720. The van der Waals surface area contributed by atoms with E-state index in [1.54, 1.807) is 24.3 Å². The van der Waals surface area contributed by atoms with Crippen molar-refractivity contribution in [3.63, 3.8) is 0 Å². The lowest BCUT2D eigenvalue weighted by Crippen LogP contribution is -2.41. The van der Waals surface area contributed by atoms with Gasteiger partial charge in [0, 0.05) is 10.0 Å². The third-order valence-electron chi connectivity index (χ3n) is 2.89. The molecule has 0 aliphatic carbocycles. The summed E-state index contributed by atoms with van der Waals surface area (Å²) in [5.41, 5.74) is 4.57. The quantitative estimate of drug-likeness (QED) is 0.800. The van der Waals surface area contributed by atoms with Crippen LogP contribution >= 0.6 is 15.9 Å². The zero-order valence-electron chi connectivity index (χ0n) is 12.2. The molecule has 0 radical (unpaired) electrons. The number of benzene rings is 2. The van der Waals surface area contributed by atoms with Crippen molar-refractivity contribution >= 4 is 27.7 Å². The number of carbonyl (C=O) groups is 2. The van der Waals surface area contributed by atoms with Gasteiger partial charge in [0.1, 0.15) is 11.6 Å². The molecule has 7 heteroatoms. The minimum absolute atomic E-state index is 0.175. The largest absolute Gasteiger partial charge is 0.494 e. The molecule has 0 saturated carbocycles. The minimum Gasteiger partial charge on any atom is -0.494 e. The van der Waals surface area contributed by atoms with Crippen molar-refractivity contribution in [2.45, 2.75) is 6.92 Å². The number of halogens is 2. The average Bonchev–Trinajstić information content (AvgIpc) is 2.55. The van der Waals surface area contributed by atoms with Crippen molar-refractivity contribution in [1.82, 2.24) is 10.9 Å². The molecule has 2 amide bonds. The smallest absolute Gasteiger partial charge is 0.272 e. The van der Waals surface area contributed by atoms with Crippen LogP contribution in [0.25, 0.3) is 0 Å². The van der Waals surface area contributed by atoms with Crippen LogP contribution in [0.5, 0.6) is 5.75 Å². The second-order valence-electron chi connectivity index (χ2n) is 4.49. The number of amides is 2. The molecule has 0 aliphatic rings. The number of nitrogens with one attached hydrogen (secondary N) is 2. The van der Waals surface area contributed by atoms with Gasteiger partial charge in [-0.15, -0.1) is 0 Å². The fourth-order valence-electron chi connectivity index (χ4n) is 1.79. The molecule has 0 saturated heterocycles. The summed E-state index contributed by atoms with van der Waals surface area (Å²) in [6.45, 7) is 2.39. The summed E-state index contributed by atoms with van der Waals surface area (Å²) >= 11 is 3.15. The van der Waals surface area contributed by atoms with Crippen LogP contribution in [-0.2, 0) is 0 Å². The van der Waals surface area contributed by atoms with Crippen LogP contribution in [0.2, 0.25) is 0 Å². The predicted octanol–water partition coefficient (Wildman–Crippen LogP) is 3.06. The Hall–Kier alpha value is -2.41. The van der Waals surface area contributed by atoms with Crippen molar-refractivity contribution < 1.29 is 18.7 Å². The Balaban J connectivity index is 1.98. The molecule has 2 aromatic rings. The van der Waals surface area contributed by atoms with Crippen molar-refractivity contribution in [1.29, 1.82) is 0 Å². The van der Waals surface area contributed by atoms with Gasteiger partial charge in [-0.25, -0.2) is 4.39 Å². The van der Waals surface area contributed by atoms with E-state index in [0.717, 1.165) is 6.07 Å². The summed E-state index contributed by atoms with van der Waals surface area (Å²) in [4.78, 5) is 23.8.